The minimum Gasteiger partial charge on any atom is -0.493 e. The highest BCUT2D eigenvalue weighted by Crippen LogP contribution is 2.26. The zero-order valence-electron chi connectivity index (χ0n) is 11.1. The van der Waals surface area contributed by atoms with E-state index in [-0.39, 0.29) is 5.78 Å². The van der Waals surface area contributed by atoms with Gasteiger partial charge >= 0.3 is 0 Å². The van der Waals surface area contributed by atoms with Gasteiger partial charge in [-0.2, -0.15) is 0 Å². The van der Waals surface area contributed by atoms with Crippen LogP contribution >= 0.6 is 15.9 Å². The maximum atomic E-state index is 12.3. The number of ketones is 1. The Morgan fingerprint density at radius 1 is 1.15 bits per heavy atom. The van der Waals surface area contributed by atoms with Crippen LogP contribution in [0.3, 0.4) is 0 Å². The summed E-state index contributed by atoms with van der Waals surface area (Å²) in [6.07, 6.45) is 2.46. The van der Waals surface area contributed by atoms with Gasteiger partial charge in [0.2, 0.25) is 0 Å². The van der Waals surface area contributed by atoms with Crippen LogP contribution in [0.5, 0.6) is 5.75 Å². The molecule has 0 N–H and O–H groups in total. The minimum absolute atomic E-state index is 0.153. The van der Waals surface area contributed by atoms with E-state index < -0.39 is 0 Å². The number of carbonyl (C=O) groups is 1. The third kappa shape index (κ3) is 2.93. The summed E-state index contributed by atoms with van der Waals surface area (Å²) in [7, 11) is 0. The van der Waals surface area contributed by atoms with E-state index in [1.807, 2.05) is 42.5 Å². The van der Waals surface area contributed by atoms with E-state index >= 15 is 0 Å². The molecule has 1 aliphatic rings. The molecule has 0 bridgehead atoms. The van der Waals surface area contributed by atoms with Crippen molar-refractivity contribution in [2.75, 3.05) is 6.61 Å². The largest absolute Gasteiger partial charge is 0.493 e. The Bertz CT molecular complexity index is 632. The Balaban J connectivity index is 1.78. The topological polar surface area (TPSA) is 26.3 Å². The molecule has 0 amide bonds. The molecule has 0 aromatic heterocycles. The van der Waals surface area contributed by atoms with E-state index in [4.69, 9.17) is 4.74 Å². The van der Waals surface area contributed by atoms with Crippen LogP contribution in [-0.4, -0.2) is 12.4 Å². The molecule has 0 fully saturated rings. The Morgan fingerprint density at radius 3 is 2.75 bits per heavy atom. The fourth-order valence-electron chi connectivity index (χ4n) is 2.42. The number of hydrogen-bond acceptors (Lipinski definition) is 2. The molecule has 20 heavy (non-hydrogen) atoms. The van der Waals surface area contributed by atoms with E-state index in [1.165, 1.54) is 0 Å². The van der Waals surface area contributed by atoms with Crippen LogP contribution < -0.4 is 4.74 Å². The molecule has 102 valence electrons. The molecule has 2 nitrogen and oxygen atoms in total. The maximum absolute atomic E-state index is 12.3. The number of ether oxygens (including phenoxy) is 1. The van der Waals surface area contributed by atoms with Gasteiger partial charge in [-0.25, -0.2) is 0 Å². The van der Waals surface area contributed by atoms with Crippen molar-refractivity contribution in [3.05, 3.63) is 63.6 Å². The van der Waals surface area contributed by atoms with E-state index in [1.54, 1.807) is 0 Å². The lowest BCUT2D eigenvalue weighted by Crippen LogP contribution is -2.10. The first-order valence-corrected chi connectivity index (χ1v) is 7.55. The van der Waals surface area contributed by atoms with Crippen LogP contribution in [-0.2, 0) is 12.8 Å². The molecule has 3 heteroatoms. The summed E-state index contributed by atoms with van der Waals surface area (Å²) in [6.45, 7) is 0.777. The molecule has 1 aliphatic heterocycles. The van der Waals surface area contributed by atoms with Gasteiger partial charge in [-0.1, -0.05) is 28.1 Å². The number of rotatable bonds is 3. The van der Waals surface area contributed by atoms with Gasteiger partial charge in [0, 0.05) is 16.5 Å². The summed E-state index contributed by atoms with van der Waals surface area (Å²) in [5.74, 6) is 1.08. The third-order valence-corrected chi connectivity index (χ3v) is 4.04. The molecule has 0 saturated heterocycles. The first-order valence-electron chi connectivity index (χ1n) is 6.76. The van der Waals surface area contributed by atoms with Gasteiger partial charge in [0.25, 0.3) is 0 Å². The number of Topliss-reactive ketones (excluding diaryl/α,β-unsaturated/α-hetero) is 1. The number of carbonyl (C=O) groups excluding carboxylic acids is 1. The monoisotopic (exact) mass is 330 g/mol. The van der Waals surface area contributed by atoms with E-state index in [0.717, 1.165) is 46.4 Å². The molecule has 0 radical (unpaired) electrons. The zero-order valence-corrected chi connectivity index (χ0v) is 12.7. The summed E-state index contributed by atoms with van der Waals surface area (Å²) in [4.78, 5) is 12.3. The number of fused-ring (bicyclic) bond motifs is 1. The van der Waals surface area contributed by atoms with E-state index in [2.05, 4.69) is 15.9 Å². The summed E-state index contributed by atoms with van der Waals surface area (Å²) < 4.78 is 6.60. The van der Waals surface area contributed by atoms with Crippen LogP contribution in [0.25, 0.3) is 0 Å². The van der Waals surface area contributed by atoms with E-state index in [0.29, 0.717) is 6.42 Å². The van der Waals surface area contributed by atoms with E-state index in [9.17, 15) is 4.79 Å². The standard InChI is InChI=1S/C17H15BrO2/c18-15-6-3-12(4-7-15)10-16(19)13-5-8-17-14(11-13)2-1-9-20-17/h3-8,11H,1-2,9-10H2. The summed E-state index contributed by atoms with van der Waals surface area (Å²) in [5.41, 5.74) is 2.96. The predicted octanol–water partition coefficient (Wildman–Crippen LogP) is 4.20. The molecular formula is C17H15BrO2. The van der Waals surface area contributed by atoms with Crippen molar-refractivity contribution in [1.82, 2.24) is 0 Å². The first-order chi connectivity index (χ1) is 9.72. The van der Waals surface area contributed by atoms with Crippen molar-refractivity contribution in [1.29, 1.82) is 0 Å². The van der Waals surface area contributed by atoms with Gasteiger partial charge in [0.15, 0.2) is 5.78 Å². The molecule has 3 rings (SSSR count). The summed E-state index contributed by atoms with van der Waals surface area (Å²) in [6, 6.07) is 13.6. The normalized spacial score (nSPS) is 13.4. The van der Waals surface area contributed by atoms with Gasteiger partial charge < -0.3 is 4.74 Å². The van der Waals surface area contributed by atoms with Gasteiger partial charge in [0.1, 0.15) is 5.75 Å². The summed E-state index contributed by atoms with van der Waals surface area (Å²) >= 11 is 3.40. The Morgan fingerprint density at radius 2 is 1.95 bits per heavy atom. The molecular weight excluding hydrogens is 316 g/mol. The number of aryl methyl sites for hydroxylation is 1. The Hall–Kier alpha value is -1.61. The lowest BCUT2D eigenvalue weighted by Gasteiger charge is -2.17. The van der Waals surface area contributed by atoms with Gasteiger partial charge in [0.05, 0.1) is 6.61 Å². The second-order valence-electron chi connectivity index (χ2n) is 5.00. The molecule has 0 unspecified atom stereocenters. The fourth-order valence-corrected chi connectivity index (χ4v) is 2.69. The number of hydrogen-bond donors (Lipinski definition) is 0. The highest BCUT2D eigenvalue weighted by atomic mass is 79.9. The molecule has 1 heterocycles. The van der Waals surface area contributed by atoms with Crippen LogP contribution in [0.2, 0.25) is 0 Å². The van der Waals surface area contributed by atoms with Crippen molar-refractivity contribution in [2.45, 2.75) is 19.3 Å². The molecule has 0 atom stereocenters. The predicted molar refractivity (Wildman–Crippen MR) is 82.4 cm³/mol. The molecule has 2 aromatic carbocycles. The molecule has 0 aliphatic carbocycles. The van der Waals surface area contributed by atoms with Crippen molar-refractivity contribution in [3.63, 3.8) is 0 Å². The van der Waals surface area contributed by atoms with Crippen LogP contribution in [0.1, 0.15) is 27.9 Å². The number of benzene rings is 2. The fraction of sp³-hybridized carbons (Fsp3) is 0.235. The zero-order chi connectivity index (χ0) is 13.9. The minimum atomic E-state index is 0.153. The number of halogens is 1. The van der Waals surface area contributed by atoms with Crippen molar-refractivity contribution >= 4 is 21.7 Å². The average molecular weight is 331 g/mol. The lowest BCUT2D eigenvalue weighted by atomic mass is 9.98. The third-order valence-electron chi connectivity index (χ3n) is 3.51. The van der Waals surface area contributed by atoms with Crippen molar-refractivity contribution < 1.29 is 9.53 Å². The lowest BCUT2D eigenvalue weighted by molar-refractivity contribution is 0.0993. The first kappa shape index (κ1) is 13.4. The maximum Gasteiger partial charge on any atom is 0.167 e. The van der Waals surface area contributed by atoms with Gasteiger partial charge in [-0.05, 0) is 54.3 Å². The Labute approximate surface area is 126 Å². The molecule has 0 spiro atoms. The molecule has 2 aromatic rings. The van der Waals surface area contributed by atoms with Gasteiger partial charge in [-0.15, -0.1) is 0 Å². The molecule has 0 saturated carbocycles. The van der Waals surface area contributed by atoms with Gasteiger partial charge in [-0.3, -0.25) is 4.79 Å². The second-order valence-corrected chi connectivity index (χ2v) is 5.92. The van der Waals surface area contributed by atoms with Crippen LogP contribution in [0.4, 0.5) is 0 Å². The highest BCUT2D eigenvalue weighted by Gasteiger charge is 2.14. The highest BCUT2D eigenvalue weighted by molar-refractivity contribution is 9.10. The quantitative estimate of drug-likeness (QED) is 0.788. The smallest absolute Gasteiger partial charge is 0.167 e. The van der Waals surface area contributed by atoms with Crippen LogP contribution in [0, 0.1) is 0 Å². The Kier molecular flexibility index (Phi) is 3.88. The van der Waals surface area contributed by atoms with Crippen molar-refractivity contribution in [2.24, 2.45) is 0 Å². The van der Waals surface area contributed by atoms with Crippen molar-refractivity contribution in [3.8, 4) is 5.75 Å². The SMILES string of the molecule is O=C(Cc1ccc(Br)cc1)c1ccc2c(c1)CCCO2. The van der Waals surface area contributed by atoms with Crippen LogP contribution in [0.15, 0.2) is 46.9 Å². The average Bonchev–Trinajstić information content (AvgIpc) is 2.49. The second kappa shape index (κ2) is 5.80. The summed E-state index contributed by atoms with van der Waals surface area (Å²) in [5, 5.41) is 0.